The summed E-state index contributed by atoms with van der Waals surface area (Å²) >= 11 is 3.18. The van der Waals surface area contributed by atoms with E-state index in [9.17, 15) is 13.2 Å². The Kier molecular flexibility index (Phi) is 3.64. The minimum atomic E-state index is -4.39. The normalized spacial score (nSPS) is 13.6. The second-order valence-electron chi connectivity index (χ2n) is 3.99. The first-order valence-electron chi connectivity index (χ1n) is 5.28. The molecule has 1 atom stereocenters. The van der Waals surface area contributed by atoms with Crippen LogP contribution >= 0.6 is 15.9 Å². The topological polar surface area (TPSA) is 56.7 Å². The van der Waals surface area contributed by atoms with E-state index in [4.69, 9.17) is 5.73 Å². The molecule has 1 aromatic heterocycles. The molecule has 1 heterocycles. The van der Waals surface area contributed by atoms with Crippen molar-refractivity contribution in [1.29, 1.82) is 0 Å². The van der Waals surface area contributed by atoms with Gasteiger partial charge in [-0.05, 0) is 33.6 Å². The van der Waals surface area contributed by atoms with E-state index >= 15 is 0 Å². The van der Waals surface area contributed by atoms with Crippen molar-refractivity contribution in [1.82, 2.24) is 15.0 Å². The molecule has 0 fully saturated rings. The van der Waals surface area contributed by atoms with Crippen LogP contribution in [-0.4, -0.2) is 15.0 Å². The first-order valence-corrected chi connectivity index (χ1v) is 6.08. The number of hydrogen-bond acceptors (Lipinski definition) is 3. The number of hydrogen-bond donors (Lipinski definition) is 1. The number of nitrogens with two attached hydrogens (primary N) is 1. The van der Waals surface area contributed by atoms with Crippen molar-refractivity contribution < 1.29 is 13.2 Å². The quantitative estimate of drug-likeness (QED) is 0.918. The molecule has 19 heavy (non-hydrogen) atoms. The van der Waals surface area contributed by atoms with Crippen molar-refractivity contribution >= 4 is 15.9 Å². The van der Waals surface area contributed by atoms with Gasteiger partial charge in [-0.3, -0.25) is 0 Å². The molecule has 4 nitrogen and oxygen atoms in total. The highest BCUT2D eigenvalue weighted by molar-refractivity contribution is 9.10. The number of nitrogens with zero attached hydrogens (tertiary/aromatic N) is 3. The highest BCUT2D eigenvalue weighted by Crippen LogP contribution is 2.32. The van der Waals surface area contributed by atoms with Gasteiger partial charge in [0.25, 0.3) is 0 Å². The summed E-state index contributed by atoms with van der Waals surface area (Å²) in [5, 5.41) is 7.51. The molecular formula is C11H10BrF3N4. The van der Waals surface area contributed by atoms with Crippen LogP contribution in [-0.2, 0) is 13.2 Å². The summed E-state index contributed by atoms with van der Waals surface area (Å²) in [5.41, 5.74) is 6.11. The van der Waals surface area contributed by atoms with E-state index in [0.717, 1.165) is 12.1 Å². The van der Waals surface area contributed by atoms with E-state index in [0.29, 0.717) is 15.9 Å². The summed E-state index contributed by atoms with van der Waals surface area (Å²) in [6.45, 7) is 0. The molecule has 0 saturated heterocycles. The maximum Gasteiger partial charge on any atom is 0.416 e. The van der Waals surface area contributed by atoms with Gasteiger partial charge in [0, 0.05) is 7.05 Å². The van der Waals surface area contributed by atoms with Crippen molar-refractivity contribution in [2.24, 2.45) is 12.8 Å². The molecule has 2 aromatic rings. The van der Waals surface area contributed by atoms with Gasteiger partial charge in [0.2, 0.25) is 0 Å². The van der Waals surface area contributed by atoms with Gasteiger partial charge in [-0.1, -0.05) is 17.3 Å². The van der Waals surface area contributed by atoms with E-state index in [2.05, 4.69) is 26.2 Å². The van der Waals surface area contributed by atoms with Crippen LogP contribution in [0, 0.1) is 0 Å². The minimum absolute atomic E-state index is 0.348. The lowest BCUT2D eigenvalue weighted by Gasteiger charge is -2.14. The van der Waals surface area contributed by atoms with Gasteiger partial charge in [-0.2, -0.15) is 13.2 Å². The SMILES string of the molecule is Cn1nnc(Br)c1C(N)c1cccc(C(F)(F)F)c1. The number of alkyl halides is 3. The molecule has 0 saturated carbocycles. The first kappa shape index (κ1) is 14.0. The van der Waals surface area contributed by atoms with Gasteiger partial charge in [0.15, 0.2) is 4.60 Å². The predicted octanol–water partition coefficient (Wildman–Crippen LogP) is 2.64. The van der Waals surface area contributed by atoms with E-state index in [1.165, 1.54) is 10.7 Å². The fraction of sp³-hybridized carbons (Fsp3) is 0.273. The number of benzene rings is 1. The Bertz CT molecular complexity index is 574. The molecule has 0 spiro atoms. The van der Waals surface area contributed by atoms with E-state index in [1.54, 1.807) is 13.1 Å². The van der Waals surface area contributed by atoms with Crippen molar-refractivity contribution in [3.05, 3.63) is 45.7 Å². The molecule has 0 aliphatic rings. The molecule has 0 amide bonds. The summed E-state index contributed by atoms with van der Waals surface area (Å²) in [4.78, 5) is 0. The molecule has 2 rings (SSSR count). The van der Waals surface area contributed by atoms with E-state index in [1.807, 2.05) is 0 Å². The third-order valence-electron chi connectivity index (χ3n) is 2.69. The molecule has 1 unspecified atom stereocenters. The highest BCUT2D eigenvalue weighted by atomic mass is 79.9. The third-order valence-corrected chi connectivity index (χ3v) is 3.26. The zero-order valence-electron chi connectivity index (χ0n) is 9.82. The molecule has 8 heteroatoms. The molecule has 1 aromatic carbocycles. The average molecular weight is 335 g/mol. The third kappa shape index (κ3) is 2.79. The number of aromatic nitrogens is 3. The standard InChI is InChI=1S/C11H10BrF3N4/c1-19-9(10(12)17-18-19)8(16)6-3-2-4-7(5-6)11(13,14)15/h2-5,8H,16H2,1H3. The molecule has 0 aliphatic carbocycles. The Morgan fingerprint density at radius 3 is 2.58 bits per heavy atom. The minimum Gasteiger partial charge on any atom is -0.319 e. The van der Waals surface area contributed by atoms with E-state index < -0.39 is 17.8 Å². The Hall–Kier alpha value is -1.41. The Morgan fingerprint density at radius 1 is 1.37 bits per heavy atom. The lowest BCUT2D eigenvalue weighted by atomic mass is 10.0. The summed E-state index contributed by atoms with van der Waals surface area (Å²) in [5.74, 6) is 0. The summed E-state index contributed by atoms with van der Waals surface area (Å²) in [6.07, 6.45) is -4.39. The zero-order chi connectivity index (χ0) is 14.2. The van der Waals surface area contributed by atoms with Gasteiger partial charge in [0.05, 0.1) is 17.3 Å². The van der Waals surface area contributed by atoms with Crippen LogP contribution in [0.3, 0.4) is 0 Å². The Balaban J connectivity index is 2.43. The second kappa shape index (κ2) is 4.93. The zero-order valence-corrected chi connectivity index (χ0v) is 11.4. The maximum absolute atomic E-state index is 12.7. The van der Waals surface area contributed by atoms with Crippen LogP contribution in [0.5, 0.6) is 0 Å². The van der Waals surface area contributed by atoms with Crippen molar-refractivity contribution in [2.45, 2.75) is 12.2 Å². The smallest absolute Gasteiger partial charge is 0.319 e. The average Bonchev–Trinajstić information content (AvgIpc) is 2.67. The monoisotopic (exact) mass is 334 g/mol. The van der Waals surface area contributed by atoms with Gasteiger partial charge in [-0.25, -0.2) is 4.68 Å². The largest absolute Gasteiger partial charge is 0.416 e. The molecule has 2 N–H and O–H groups in total. The molecule has 102 valence electrons. The summed E-state index contributed by atoms with van der Waals surface area (Å²) in [6, 6.07) is 4.17. The van der Waals surface area contributed by atoms with Crippen LogP contribution in [0.25, 0.3) is 0 Å². The number of halogens is 4. The van der Waals surface area contributed by atoms with Gasteiger partial charge < -0.3 is 5.73 Å². The lowest BCUT2D eigenvalue weighted by molar-refractivity contribution is -0.137. The van der Waals surface area contributed by atoms with Crippen molar-refractivity contribution in [3.8, 4) is 0 Å². The second-order valence-corrected chi connectivity index (χ2v) is 4.74. The van der Waals surface area contributed by atoms with Crippen molar-refractivity contribution in [2.75, 3.05) is 0 Å². The number of rotatable bonds is 2. The van der Waals surface area contributed by atoms with Crippen LogP contribution in [0.2, 0.25) is 0 Å². The molecule has 0 aliphatic heterocycles. The van der Waals surface area contributed by atoms with Crippen LogP contribution < -0.4 is 5.73 Å². The number of aryl methyl sites for hydroxylation is 1. The van der Waals surface area contributed by atoms with Gasteiger partial charge in [0.1, 0.15) is 0 Å². The molecule has 0 bridgehead atoms. The summed E-state index contributed by atoms with van der Waals surface area (Å²) < 4.78 is 39.8. The fourth-order valence-corrected chi connectivity index (χ4v) is 2.31. The van der Waals surface area contributed by atoms with Gasteiger partial charge in [-0.15, -0.1) is 5.10 Å². The van der Waals surface area contributed by atoms with Crippen molar-refractivity contribution in [3.63, 3.8) is 0 Å². The summed E-state index contributed by atoms with van der Waals surface area (Å²) in [7, 11) is 1.63. The van der Waals surface area contributed by atoms with Crippen LogP contribution in [0.15, 0.2) is 28.9 Å². The fourth-order valence-electron chi connectivity index (χ4n) is 1.74. The first-order chi connectivity index (χ1) is 8.80. The predicted molar refractivity (Wildman–Crippen MR) is 66.2 cm³/mol. The highest BCUT2D eigenvalue weighted by Gasteiger charge is 2.31. The van der Waals surface area contributed by atoms with E-state index in [-0.39, 0.29) is 0 Å². The molecule has 0 radical (unpaired) electrons. The van der Waals surface area contributed by atoms with Crippen LogP contribution in [0.1, 0.15) is 22.9 Å². The van der Waals surface area contributed by atoms with Gasteiger partial charge >= 0.3 is 6.18 Å². The van der Waals surface area contributed by atoms with Crippen LogP contribution in [0.4, 0.5) is 13.2 Å². The molecular weight excluding hydrogens is 325 g/mol. The Labute approximate surface area is 115 Å². The lowest BCUT2D eigenvalue weighted by Crippen LogP contribution is -2.17. The Morgan fingerprint density at radius 2 is 2.05 bits per heavy atom. The maximum atomic E-state index is 12.7.